The molecule has 0 aromatic heterocycles. The summed E-state index contributed by atoms with van der Waals surface area (Å²) >= 11 is 1.15. The first-order chi connectivity index (χ1) is 14.2. The number of fused-ring (bicyclic) bond motifs is 2. The first-order valence-corrected chi connectivity index (χ1v) is 10.5. The van der Waals surface area contributed by atoms with Gasteiger partial charge in [-0.1, -0.05) is 24.3 Å². The van der Waals surface area contributed by atoms with E-state index in [0.29, 0.717) is 41.8 Å². The van der Waals surface area contributed by atoms with Crippen molar-refractivity contribution in [2.45, 2.75) is 40.7 Å². The van der Waals surface area contributed by atoms with Gasteiger partial charge in [-0.05, 0) is 37.6 Å². The van der Waals surface area contributed by atoms with Crippen LogP contribution in [0.4, 0.5) is 13.2 Å². The predicted octanol–water partition coefficient (Wildman–Crippen LogP) is 4.57. The molecule has 2 aromatic rings. The number of ether oxygens (including phenoxy) is 1. The van der Waals surface area contributed by atoms with Gasteiger partial charge in [-0.2, -0.15) is 13.2 Å². The zero-order valence-electron chi connectivity index (χ0n) is 15.8. The standard InChI is InChI=1S/C22H18F3NO3S/c23-22(24,25)13-3-1-4-14(11-13)30-21(7-8-21)18(27)15-5-2-6-16-17(15)19(28)29-20(16)9-10-26-12-20/h1-6,11,26H,7-10,12H2. The molecule has 4 nitrogen and oxygen atoms in total. The zero-order valence-corrected chi connectivity index (χ0v) is 16.7. The van der Waals surface area contributed by atoms with Crippen LogP contribution in [-0.4, -0.2) is 29.6 Å². The monoisotopic (exact) mass is 433 g/mol. The lowest BCUT2D eigenvalue weighted by Gasteiger charge is -2.22. The molecule has 1 saturated carbocycles. The Morgan fingerprint density at radius 3 is 2.53 bits per heavy atom. The molecule has 156 valence electrons. The van der Waals surface area contributed by atoms with Crippen LogP contribution < -0.4 is 5.32 Å². The van der Waals surface area contributed by atoms with Gasteiger partial charge in [0, 0.05) is 29.0 Å². The fourth-order valence-electron chi connectivity index (χ4n) is 4.31. The second-order valence-electron chi connectivity index (χ2n) is 7.99. The van der Waals surface area contributed by atoms with Crippen LogP contribution in [0.25, 0.3) is 0 Å². The van der Waals surface area contributed by atoms with Crippen LogP contribution in [0, 0.1) is 0 Å². The number of hydrogen-bond donors (Lipinski definition) is 1. The van der Waals surface area contributed by atoms with E-state index < -0.39 is 28.1 Å². The predicted molar refractivity (Wildman–Crippen MR) is 105 cm³/mol. The number of halogens is 3. The van der Waals surface area contributed by atoms with Crippen molar-refractivity contribution >= 4 is 23.5 Å². The normalized spacial score (nSPS) is 24.0. The van der Waals surface area contributed by atoms with Crippen LogP contribution >= 0.6 is 11.8 Å². The van der Waals surface area contributed by atoms with Gasteiger partial charge in [0.2, 0.25) is 0 Å². The van der Waals surface area contributed by atoms with Crippen molar-refractivity contribution in [3.63, 3.8) is 0 Å². The maximum absolute atomic E-state index is 13.5. The number of hydrogen-bond acceptors (Lipinski definition) is 5. The van der Waals surface area contributed by atoms with Crippen molar-refractivity contribution in [2.75, 3.05) is 13.1 Å². The van der Waals surface area contributed by atoms with Gasteiger partial charge in [0.1, 0.15) is 0 Å². The Bertz CT molecular complexity index is 1060. The number of carbonyl (C=O) groups excluding carboxylic acids is 2. The molecular weight excluding hydrogens is 415 g/mol. The maximum atomic E-state index is 13.5. The van der Waals surface area contributed by atoms with Gasteiger partial charge in [-0.3, -0.25) is 4.79 Å². The summed E-state index contributed by atoms with van der Waals surface area (Å²) in [5.41, 5.74) is -0.132. The van der Waals surface area contributed by atoms with Crippen molar-refractivity contribution in [1.29, 1.82) is 0 Å². The first-order valence-electron chi connectivity index (χ1n) is 9.73. The number of alkyl halides is 3. The molecule has 2 aromatic carbocycles. The minimum absolute atomic E-state index is 0.221. The van der Waals surface area contributed by atoms with Crippen molar-refractivity contribution in [3.8, 4) is 0 Å². The number of nitrogens with one attached hydrogen (secondary N) is 1. The van der Waals surface area contributed by atoms with E-state index in [-0.39, 0.29) is 5.78 Å². The van der Waals surface area contributed by atoms with Crippen molar-refractivity contribution in [1.82, 2.24) is 5.32 Å². The van der Waals surface area contributed by atoms with E-state index in [1.54, 1.807) is 18.2 Å². The Balaban J connectivity index is 1.48. The van der Waals surface area contributed by atoms with E-state index >= 15 is 0 Å². The largest absolute Gasteiger partial charge is 0.449 e. The van der Waals surface area contributed by atoms with Crippen LogP contribution in [0.5, 0.6) is 0 Å². The van der Waals surface area contributed by atoms with Gasteiger partial charge in [0.05, 0.1) is 15.9 Å². The molecule has 2 heterocycles. The van der Waals surface area contributed by atoms with Gasteiger partial charge in [-0.25, -0.2) is 4.79 Å². The molecule has 0 radical (unpaired) electrons. The summed E-state index contributed by atoms with van der Waals surface area (Å²) in [6.45, 7) is 1.23. The van der Waals surface area contributed by atoms with Crippen LogP contribution in [0.1, 0.15) is 51.1 Å². The van der Waals surface area contributed by atoms with Gasteiger partial charge >= 0.3 is 12.1 Å². The smallest absolute Gasteiger partial charge is 0.416 e. The molecular formula is C22H18F3NO3S. The lowest BCUT2D eigenvalue weighted by Crippen LogP contribution is -2.28. The van der Waals surface area contributed by atoms with Gasteiger partial charge in [-0.15, -0.1) is 11.8 Å². The SMILES string of the molecule is O=C1OC2(CCNC2)c2cccc(C(=O)C3(Sc4cccc(C(F)(F)F)c4)CC3)c21. The molecule has 1 atom stereocenters. The highest BCUT2D eigenvalue weighted by Crippen LogP contribution is 2.55. The van der Waals surface area contributed by atoms with E-state index in [1.807, 2.05) is 6.07 Å². The van der Waals surface area contributed by atoms with Gasteiger partial charge < -0.3 is 10.1 Å². The van der Waals surface area contributed by atoms with Gasteiger partial charge in [0.15, 0.2) is 11.4 Å². The van der Waals surface area contributed by atoms with Crippen LogP contribution in [0.2, 0.25) is 0 Å². The Kier molecular flexibility index (Phi) is 4.31. The maximum Gasteiger partial charge on any atom is 0.416 e. The third-order valence-electron chi connectivity index (χ3n) is 6.00. The second kappa shape index (κ2) is 6.59. The molecule has 2 aliphatic heterocycles. The fourth-order valence-corrected chi connectivity index (χ4v) is 5.60. The third-order valence-corrected chi connectivity index (χ3v) is 7.47. The van der Waals surface area contributed by atoms with Gasteiger partial charge in [0.25, 0.3) is 0 Å². The van der Waals surface area contributed by atoms with Crippen LogP contribution in [0.15, 0.2) is 47.4 Å². The molecule has 2 fully saturated rings. The van der Waals surface area contributed by atoms with Crippen molar-refractivity contribution in [3.05, 3.63) is 64.7 Å². The molecule has 5 rings (SSSR count). The molecule has 1 aliphatic carbocycles. The Labute approximate surface area is 175 Å². The number of carbonyl (C=O) groups is 2. The van der Waals surface area contributed by atoms with E-state index in [9.17, 15) is 22.8 Å². The number of esters is 1. The molecule has 1 saturated heterocycles. The number of ketones is 1. The van der Waals surface area contributed by atoms with Crippen LogP contribution in [-0.2, 0) is 16.5 Å². The number of benzene rings is 2. The lowest BCUT2D eigenvalue weighted by molar-refractivity contribution is -0.137. The summed E-state index contributed by atoms with van der Waals surface area (Å²) in [7, 11) is 0. The summed E-state index contributed by atoms with van der Waals surface area (Å²) < 4.78 is 44.0. The number of Topliss-reactive ketones (excluding diaryl/α,β-unsaturated/α-hetero) is 1. The first kappa shape index (κ1) is 19.6. The zero-order chi connectivity index (χ0) is 21.1. The van der Waals surface area contributed by atoms with E-state index in [2.05, 4.69) is 5.32 Å². The summed E-state index contributed by atoms with van der Waals surface area (Å²) in [6, 6.07) is 10.2. The molecule has 8 heteroatoms. The van der Waals surface area contributed by atoms with Crippen molar-refractivity contribution < 1.29 is 27.5 Å². The highest BCUT2D eigenvalue weighted by Gasteiger charge is 2.54. The fraction of sp³-hybridized carbons (Fsp3) is 0.364. The summed E-state index contributed by atoms with van der Waals surface area (Å²) in [5, 5.41) is 3.20. The molecule has 1 spiro atoms. The average Bonchev–Trinajstić information content (AvgIpc) is 3.24. The summed E-state index contributed by atoms with van der Waals surface area (Å²) in [5.74, 6) is -0.723. The van der Waals surface area contributed by atoms with E-state index in [4.69, 9.17) is 4.74 Å². The van der Waals surface area contributed by atoms with Crippen LogP contribution in [0.3, 0.4) is 0 Å². The number of thioether (sulfide) groups is 1. The molecule has 0 amide bonds. The molecule has 3 aliphatic rings. The quantitative estimate of drug-likeness (QED) is 0.566. The molecule has 30 heavy (non-hydrogen) atoms. The Morgan fingerprint density at radius 2 is 1.87 bits per heavy atom. The summed E-state index contributed by atoms with van der Waals surface area (Å²) in [6.07, 6.45) is -2.69. The van der Waals surface area contributed by atoms with E-state index in [1.165, 1.54) is 6.07 Å². The lowest BCUT2D eigenvalue weighted by atomic mass is 9.88. The Morgan fingerprint density at radius 1 is 1.10 bits per heavy atom. The highest BCUT2D eigenvalue weighted by molar-refractivity contribution is 8.01. The minimum atomic E-state index is -4.44. The average molecular weight is 433 g/mol. The minimum Gasteiger partial charge on any atom is -0.449 e. The number of rotatable bonds is 4. The topological polar surface area (TPSA) is 55.4 Å². The Hall–Kier alpha value is -2.32. The summed E-state index contributed by atoms with van der Waals surface area (Å²) in [4.78, 5) is 26.5. The highest BCUT2D eigenvalue weighted by atomic mass is 32.2. The van der Waals surface area contributed by atoms with Crippen molar-refractivity contribution in [2.24, 2.45) is 0 Å². The molecule has 0 bridgehead atoms. The molecule has 1 unspecified atom stereocenters. The molecule has 1 N–H and O–H groups in total. The van der Waals surface area contributed by atoms with E-state index in [0.717, 1.165) is 36.0 Å². The second-order valence-corrected chi connectivity index (χ2v) is 9.45. The third kappa shape index (κ3) is 3.04.